The third kappa shape index (κ3) is 6.36. The van der Waals surface area contributed by atoms with Gasteiger partial charge in [-0.15, -0.1) is 0 Å². The monoisotopic (exact) mass is 611 g/mol. The minimum absolute atomic E-state index is 0.0255. The van der Waals surface area contributed by atoms with Crippen LogP contribution in [0.25, 0.3) is 12.2 Å². The van der Waals surface area contributed by atoms with Gasteiger partial charge in [-0.1, -0.05) is 42.5 Å². The summed E-state index contributed by atoms with van der Waals surface area (Å²) >= 11 is 11.9. The lowest BCUT2D eigenvalue weighted by molar-refractivity contribution is 0.480. The van der Waals surface area contributed by atoms with Gasteiger partial charge in [-0.3, -0.25) is 9.11 Å². The Hall–Kier alpha value is -4.00. The van der Waals surface area contributed by atoms with E-state index in [1.807, 2.05) is 0 Å². The van der Waals surface area contributed by atoms with E-state index in [1.54, 1.807) is 0 Å². The highest BCUT2D eigenvalue weighted by Gasteiger charge is 2.29. The Kier molecular flexibility index (Phi) is 7.64. The van der Waals surface area contributed by atoms with Gasteiger partial charge in [0.05, 0.1) is 5.69 Å². The van der Waals surface area contributed by atoms with Gasteiger partial charge in [0.2, 0.25) is 34.4 Å². The molecule has 0 aliphatic carbocycles. The standard InChI is InChI=1S/C20H15Cl2N9O6S2/c21-15-25-17(23)29-19(27-15)31(20-28-16(22)26-18(24)30-20)12-6-3-5-11(14(12)39(35,36)37)9-8-10-4-1-2-7-13(10)38(32,33)34/h1-9H,(H,32,33,34)(H,35,36,37)(H2,23,25,27,29)(H2,24,26,28,30)/b9-8+. The predicted octanol–water partition coefficient (Wildman–Crippen LogP) is 2.66. The number of nitrogens with zero attached hydrogens (tertiary/aromatic N) is 7. The first-order valence-electron chi connectivity index (χ1n) is 10.2. The average molecular weight is 612 g/mol. The van der Waals surface area contributed by atoms with Crippen LogP contribution in [0.2, 0.25) is 10.6 Å². The van der Waals surface area contributed by atoms with Crippen LogP contribution in [0.5, 0.6) is 0 Å². The fraction of sp³-hybridized carbons (Fsp3) is 0. The summed E-state index contributed by atoms with van der Waals surface area (Å²) in [6.07, 6.45) is 2.41. The van der Waals surface area contributed by atoms with E-state index in [1.165, 1.54) is 48.6 Å². The van der Waals surface area contributed by atoms with Crippen LogP contribution in [0.3, 0.4) is 0 Å². The number of hydrogen-bond donors (Lipinski definition) is 4. The lowest BCUT2D eigenvalue weighted by atomic mass is 10.1. The number of anilines is 5. The van der Waals surface area contributed by atoms with Crippen molar-refractivity contribution in [3.05, 3.63) is 64.2 Å². The van der Waals surface area contributed by atoms with E-state index < -0.39 is 30.0 Å². The summed E-state index contributed by atoms with van der Waals surface area (Å²) < 4.78 is 68.7. The van der Waals surface area contributed by atoms with E-state index >= 15 is 0 Å². The lowest BCUT2D eigenvalue weighted by Crippen LogP contribution is -2.21. The molecule has 0 atom stereocenters. The third-order valence-electron chi connectivity index (χ3n) is 4.79. The van der Waals surface area contributed by atoms with Gasteiger partial charge in [0.1, 0.15) is 9.79 Å². The molecule has 0 unspecified atom stereocenters. The second kappa shape index (κ2) is 10.6. The van der Waals surface area contributed by atoms with Crippen molar-refractivity contribution in [1.29, 1.82) is 0 Å². The molecule has 39 heavy (non-hydrogen) atoms. The van der Waals surface area contributed by atoms with Crippen LogP contribution in [-0.4, -0.2) is 55.8 Å². The number of nitrogen functional groups attached to an aromatic ring is 2. The van der Waals surface area contributed by atoms with E-state index in [0.29, 0.717) is 0 Å². The molecule has 0 bridgehead atoms. The predicted molar refractivity (Wildman–Crippen MR) is 142 cm³/mol. The molecule has 202 valence electrons. The van der Waals surface area contributed by atoms with Crippen molar-refractivity contribution < 1.29 is 25.9 Å². The molecule has 0 spiro atoms. The first-order chi connectivity index (χ1) is 18.2. The van der Waals surface area contributed by atoms with Gasteiger partial charge >= 0.3 is 0 Å². The zero-order chi connectivity index (χ0) is 28.5. The van der Waals surface area contributed by atoms with Gasteiger partial charge < -0.3 is 11.5 Å². The minimum Gasteiger partial charge on any atom is -0.368 e. The van der Waals surface area contributed by atoms with Crippen LogP contribution in [-0.2, 0) is 20.2 Å². The van der Waals surface area contributed by atoms with Crippen LogP contribution in [0.1, 0.15) is 11.1 Å². The maximum atomic E-state index is 12.7. The molecule has 0 aliphatic rings. The van der Waals surface area contributed by atoms with Crippen LogP contribution >= 0.6 is 23.2 Å². The molecule has 4 rings (SSSR count). The summed E-state index contributed by atoms with van der Waals surface area (Å²) in [5, 5.41) is -0.746. The van der Waals surface area contributed by atoms with Crippen LogP contribution < -0.4 is 16.4 Å². The van der Waals surface area contributed by atoms with E-state index in [2.05, 4.69) is 29.9 Å². The van der Waals surface area contributed by atoms with Gasteiger partial charge in [-0.2, -0.15) is 46.7 Å². The van der Waals surface area contributed by atoms with Crippen molar-refractivity contribution in [2.75, 3.05) is 16.4 Å². The summed E-state index contributed by atoms with van der Waals surface area (Å²) in [7, 11) is -9.65. The van der Waals surface area contributed by atoms with Gasteiger partial charge in [0.15, 0.2) is 0 Å². The molecule has 0 aliphatic heterocycles. The number of rotatable bonds is 7. The first-order valence-corrected chi connectivity index (χ1v) is 13.9. The first kappa shape index (κ1) is 28.0. The van der Waals surface area contributed by atoms with E-state index in [4.69, 9.17) is 34.7 Å². The number of halogens is 2. The zero-order valence-electron chi connectivity index (χ0n) is 19.1. The van der Waals surface area contributed by atoms with E-state index in [-0.39, 0.29) is 51.2 Å². The fourth-order valence-electron chi connectivity index (χ4n) is 3.38. The Morgan fingerprint density at radius 3 is 1.72 bits per heavy atom. The topological polar surface area (TPSA) is 241 Å². The smallest absolute Gasteiger partial charge is 0.297 e. The van der Waals surface area contributed by atoms with Crippen molar-refractivity contribution in [2.24, 2.45) is 0 Å². The quantitative estimate of drug-likeness (QED) is 0.173. The largest absolute Gasteiger partial charge is 0.368 e. The Labute approximate surface area is 230 Å². The highest BCUT2D eigenvalue weighted by molar-refractivity contribution is 7.86. The summed E-state index contributed by atoms with van der Waals surface area (Å²) in [6.45, 7) is 0. The van der Waals surface area contributed by atoms with E-state index in [9.17, 15) is 25.9 Å². The lowest BCUT2D eigenvalue weighted by Gasteiger charge is -2.23. The number of hydrogen-bond acceptors (Lipinski definition) is 13. The van der Waals surface area contributed by atoms with Gasteiger partial charge in [0.25, 0.3) is 20.2 Å². The maximum absolute atomic E-state index is 12.7. The number of benzene rings is 2. The third-order valence-corrected chi connectivity index (χ3v) is 7.02. The van der Waals surface area contributed by atoms with Gasteiger partial charge in [-0.05, 0) is 46.5 Å². The molecule has 2 aromatic carbocycles. The summed E-state index contributed by atoms with van der Waals surface area (Å²) in [5.74, 6) is -1.46. The van der Waals surface area contributed by atoms with Crippen molar-refractivity contribution in [3.8, 4) is 0 Å². The molecule has 4 aromatic rings. The molecule has 2 heterocycles. The molecule has 0 radical (unpaired) electrons. The Morgan fingerprint density at radius 1 is 0.692 bits per heavy atom. The van der Waals surface area contributed by atoms with Crippen LogP contribution in [0.4, 0.5) is 29.5 Å². The normalized spacial score (nSPS) is 12.1. The SMILES string of the molecule is Nc1nc(Cl)nc(N(c2nc(N)nc(Cl)n2)c2cccc(/C=C/c3ccccc3S(=O)(=O)O)c2S(=O)(=O)O)n1. The molecule has 2 aromatic heterocycles. The number of nitrogens with two attached hydrogens (primary N) is 2. The molecular weight excluding hydrogens is 597 g/mol. The van der Waals surface area contributed by atoms with Crippen LogP contribution in [0.15, 0.2) is 52.3 Å². The molecule has 0 amide bonds. The maximum Gasteiger partial charge on any atom is 0.297 e. The molecule has 19 heteroatoms. The second-order valence-corrected chi connectivity index (χ2v) is 10.8. The highest BCUT2D eigenvalue weighted by Crippen LogP contribution is 2.38. The Balaban J connectivity index is 2.01. The zero-order valence-corrected chi connectivity index (χ0v) is 22.2. The van der Waals surface area contributed by atoms with E-state index in [0.717, 1.165) is 11.0 Å². The van der Waals surface area contributed by atoms with Gasteiger partial charge in [0, 0.05) is 0 Å². The molecule has 15 nitrogen and oxygen atoms in total. The molecule has 0 fully saturated rings. The molecule has 0 saturated heterocycles. The summed E-state index contributed by atoms with van der Waals surface area (Å²) in [5.41, 5.74) is 11.0. The minimum atomic E-state index is -5.04. The molecule has 0 saturated carbocycles. The van der Waals surface area contributed by atoms with Crippen molar-refractivity contribution in [2.45, 2.75) is 9.79 Å². The molecule has 6 N–H and O–H groups in total. The highest BCUT2D eigenvalue weighted by atomic mass is 35.5. The van der Waals surface area contributed by atoms with Crippen molar-refractivity contribution >= 4 is 85.1 Å². The molecular formula is C20H15Cl2N9O6S2. The summed E-state index contributed by atoms with van der Waals surface area (Å²) in [4.78, 5) is 22.9. The Bertz CT molecular complexity index is 1750. The second-order valence-electron chi connectivity index (χ2n) is 7.38. The average Bonchev–Trinajstić information content (AvgIpc) is 2.80. The summed E-state index contributed by atoms with van der Waals surface area (Å²) in [6, 6.07) is 9.35. The number of aromatic nitrogens is 6. The van der Waals surface area contributed by atoms with Crippen molar-refractivity contribution in [3.63, 3.8) is 0 Å². The fourth-order valence-corrected chi connectivity index (χ4v) is 5.24. The Morgan fingerprint density at radius 2 is 1.21 bits per heavy atom. The van der Waals surface area contributed by atoms with Crippen molar-refractivity contribution in [1.82, 2.24) is 29.9 Å². The van der Waals surface area contributed by atoms with Crippen LogP contribution in [0, 0.1) is 0 Å². The van der Waals surface area contributed by atoms with Gasteiger partial charge in [-0.25, -0.2) is 4.90 Å².